The van der Waals surface area contributed by atoms with E-state index in [4.69, 9.17) is 0 Å². The van der Waals surface area contributed by atoms with Crippen molar-refractivity contribution in [2.24, 2.45) is 34.5 Å². The fourth-order valence-corrected chi connectivity index (χ4v) is 8.73. The van der Waals surface area contributed by atoms with Crippen molar-refractivity contribution >= 4 is 0 Å². The first-order valence-electron chi connectivity index (χ1n) is 12.2. The molecule has 0 amide bonds. The van der Waals surface area contributed by atoms with Crippen molar-refractivity contribution in [1.82, 2.24) is 4.90 Å². The molecule has 0 aromatic heterocycles. The zero-order chi connectivity index (χ0) is 19.9. The molecule has 1 spiro atoms. The third kappa shape index (κ3) is 2.40. The van der Waals surface area contributed by atoms with Crippen molar-refractivity contribution in [2.45, 2.75) is 71.4 Å². The molecule has 1 heterocycles. The van der Waals surface area contributed by atoms with Crippen molar-refractivity contribution in [3.63, 3.8) is 0 Å². The van der Waals surface area contributed by atoms with E-state index in [0.29, 0.717) is 16.9 Å². The van der Waals surface area contributed by atoms with Gasteiger partial charge in [-0.2, -0.15) is 0 Å². The minimum absolute atomic E-state index is 0.430. The Kier molecular flexibility index (Phi) is 4.29. The summed E-state index contributed by atoms with van der Waals surface area (Å²) >= 11 is 0. The lowest BCUT2D eigenvalue weighted by Crippen LogP contribution is -2.53. The quantitative estimate of drug-likeness (QED) is 0.598. The first-order chi connectivity index (χ1) is 13.2. The normalized spacial score (nSPS) is 50.6. The van der Waals surface area contributed by atoms with Crippen LogP contribution < -0.4 is 0 Å². The first-order valence-corrected chi connectivity index (χ1v) is 12.2. The van der Waals surface area contributed by atoms with Gasteiger partial charge >= 0.3 is 0 Å². The van der Waals surface area contributed by atoms with Crippen LogP contribution in [0, 0.1) is 34.5 Å². The van der Waals surface area contributed by atoms with Crippen molar-refractivity contribution in [1.29, 1.82) is 0 Å². The fourth-order valence-electron chi connectivity index (χ4n) is 8.73. The lowest BCUT2D eigenvalue weighted by Gasteiger charge is -2.57. The lowest BCUT2D eigenvalue weighted by molar-refractivity contribution is -0.907. The summed E-state index contributed by atoms with van der Waals surface area (Å²) in [5.74, 6) is 3.63. The highest BCUT2D eigenvalue weighted by Gasteiger charge is 2.63. The van der Waals surface area contributed by atoms with Gasteiger partial charge in [0.1, 0.15) is 6.04 Å². The van der Waals surface area contributed by atoms with Gasteiger partial charge in [0.15, 0.2) is 0 Å². The Morgan fingerprint density at radius 3 is 2.57 bits per heavy atom. The predicted molar refractivity (Wildman–Crippen MR) is 118 cm³/mol. The molecule has 0 bridgehead atoms. The number of hydrogen-bond donors (Lipinski definition) is 0. The van der Waals surface area contributed by atoms with Crippen LogP contribution in [0.2, 0.25) is 0 Å². The highest BCUT2D eigenvalue weighted by atomic mass is 15.3. The average Bonchev–Trinajstić information content (AvgIpc) is 3.15. The van der Waals surface area contributed by atoms with E-state index in [0.717, 1.165) is 34.2 Å². The van der Waals surface area contributed by atoms with Crippen LogP contribution >= 0.6 is 0 Å². The van der Waals surface area contributed by atoms with Crippen LogP contribution in [-0.2, 0) is 0 Å². The average molecular weight is 384 g/mol. The number of hydrogen-bond acceptors (Lipinski definition) is 1. The molecular weight excluding hydrogens is 340 g/mol. The van der Waals surface area contributed by atoms with Crippen molar-refractivity contribution in [2.75, 3.05) is 34.2 Å². The summed E-state index contributed by atoms with van der Waals surface area (Å²) in [6.45, 7) is 10.1. The SMILES string of the molecule is CC[N+](C)(C)[C@@H]1C=C2C=CC3C4CCC5C(C)N(C)CC45CCC3[C@@]2(C)CC1. The second-order valence-electron chi connectivity index (χ2n) is 12.0. The van der Waals surface area contributed by atoms with Crippen LogP contribution in [0.25, 0.3) is 0 Å². The van der Waals surface area contributed by atoms with E-state index in [1.54, 1.807) is 5.57 Å². The molecule has 8 atom stereocenters. The molecule has 0 aromatic rings. The maximum atomic E-state index is 2.70. The Morgan fingerprint density at radius 1 is 1.07 bits per heavy atom. The Morgan fingerprint density at radius 2 is 1.82 bits per heavy atom. The van der Waals surface area contributed by atoms with Gasteiger partial charge in [0, 0.05) is 19.0 Å². The molecule has 2 saturated carbocycles. The van der Waals surface area contributed by atoms with Crippen molar-refractivity contribution < 1.29 is 4.48 Å². The summed E-state index contributed by atoms with van der Waals surface area (Å²) in [5, 5.41) is 0. The largest absolute Gasteiger partial charge is 0.323 e. The molecule has 0 N–H and O–H groups in total. The third-order valence-corrected chi connectivity index (χ3v) is 11.0. The molecule has 1 aliphatic heterocycles. The minimum Gasteiger partial charge on any atom is -0.323 e. The summed E-state index contributed by atoms with van der Waals surface area (Å²) < 4.78 is 1.14. The van der Waals surface area contributed by atoms with Gasteiger partial charge in [0.25, 0.3) is 0 Å². The predicted octanol–water partition coefficient (Wildman–Crippen LogP) is 5.12. The van der Waals surface area contributed by atoms with E-state index in [1.807, 2.05) is 0 Å². The maximum absolute atomic E-state index is 2.70. The zero-order valence-corrected chi connectivity index (χ0v) is 19.2. The Bertz CT molecular complexity index is 705. The number of likely N-dealkylation sites (tertiary alicyclic amines) is 1. The van der Waals surface area contributed by atoms with E-state index in [9.17, 15) is 0 Å². The summed E-state index contributed by atoms with van der Waals surface area (Å²) in [4.78, 5) is 2.69. The van der Waals surface area contributed by atoms with E-state index >= 15 is 0 Å². The Labute approximate surface area is 173 Å². The molecule has 1 saturated heterocycles. The monoisotopic (exact) mass is 383 g/mol. The standard InChI is InChI=1S/C26H43N2/c1-7-28(5,6)20-12-14-25(3)19(16-20)8-9-21-23(25)13-15-26-17-27(4)18(2)22(26)10-11-24(21)26/h8-9,16,18,20-24H,7,10-15,17H2,1-6H3/q+1/t18?,20-,21?,22?,23?,24?,25-,26?/m0/s1. The summed E-state index contributed by atoms with van der Waals surface area (Å²) in [6.07, 6.45) is 16.7. The Hall–Kier alpha value is -0.600. The van der Waals surface area contributed by atoms with Crippen molar-refractivity contribution in [3.8, 4) is 0 Å². The number of likely N-dealkylation sites (N-methyl/N-ethyl adjacent to an activating group) is 1. The lowest BCUT2D eigenvalue weighted by atomic mass is 9.48. The van der Waals surface area contributed by atoms with Gasteiger partial charge < -0.3 is 9.38 Å². The molecule has 0 aromatic carbocycles. The topological polar surface area (TPSA) is 3.24 Å². The molecular formula is C26H43N2+. The second-order valence-corrected chi connectivity index (χ2v) is 12.0. The molecule has 3 fully saturated rings. The number of quaternary nitrogens is 1. The van der Waals surface area contributed by atoms with E-state index < -0.39 is 0 Å². The molecule has 28 heavy (non-hydrogen) atoms. The number of nitrogens with zero attached hydrogens (tertiary/aromatic N) is 2. The highest BCUT2D eigenvalue weighted by molar-refractivity contribution is 5.36. The molecule has 5 rings (SSSR count). The zero-order valence-electron chi connectivity index (χ0n) is 19.2. The molecule has 2 heteroatoms. The van der Waals surface area contributed by atoms with Gasteiger partial charge in [-0.05, 0) is 99.1 Å². The number of allylic oxidation sites excluding steroid dienone is 3. The number of fused-ring (bicyclic) bond motifs is 4. The van der Waals surface area contributed by atoms with Gasteiger partial charge in [-0.1, -0.05) is 19.1 Å². The van der Waals surface area contributed by atoms with Gasteiger partial charge in [-0.25, -0.2) is 0 Å². The first kappa shape index (κ1) is 19.4. The van der Waals surface area contributed by atoms with E-state index in [1.165, 1.54) is 51.6 Å². The number of rotatable bonds is 2. The third-order valence-electron chi connectivity index (χ3n) is 11.0. The molecule has 156 valence electrons. The summed E-state index contributed by atoms with van der Waals surface area (Å²) in [7, 11) is 7.22. The minimum atomic E-state index is 0.430. The van der Waals surface area contributed by atoms with E-state index in [-0.39, 0.29) is 0 Å². The fraction of sp³-hybridized carbons (Fsp3) is 0.846. The summed E-state index contributed by atoms with van der Waals surface area (Å²) in [5.41, 5.74) is 2.75. The molecule has 6 unspecified atom stereocenters. The van der Waals surface area contributed by atoms with Crippen LogP contribution in [-0.4, -0.2) is 55.7 Å². The highest BCUT2D eigenvalue weighted by Crippen LogP contribution is 2.68. The van der Waals surface area contributed by atoms with Crippen LogP contribution in [0.1, 0.15) is 59.3 Å². The molecule has 2 nitrogen and oxygen atoms in total. The molecule has 0 radical (unpaired) electrons. The van der Waals surface area contributed by atoms with Gasteiger partial charge in [0.2, 0.25) is 0 Å². The van der Waals surface area contributed by atoms with Crippen LogP contribution in [0.5, 0.6) is 0 Å². The van der Waals surface area contributed by atoms with Crippen LogP contribution in [0.4, 0.5) is 0 Å². The van der Waals surface area contributed by atoms with Crippen LogP contribution in [0.15, 0.2) is 23.8 Å². The van der Waals surface area contributed by atoms with Crippen molar-refractivity contribution in [3.05, 3.63) is 23.8 Å². The van der Waals surface area contributed by atoms with Gasteiger partial charge in [-0.3, -0.25) is 0 Å². The van der Waals surface area contributed by atoms with E-state index in [2.05, 4.69) is 65.0 Å². The smallest absolute Gasteiger partial charge is 0.108 e. The Balaban J connectivity index is 1.48. The molecule has 5 aliphatic rings. The van der Waals surface area contributed by atoms with Gasteiger partial charge in [-0.15, -0.1) is 0 Å². The second kappa shape index (κ2) is 6.20. The van der Waals surface area contributed by atoms with Crippen LogP contribution in [0.3, 0.4) is 0 Å². The maximum Gasteiger partial charge on any atom is 0.108 e. The van der Waals surface area contributed by atoms with Gasteiger partial charge in [0.05, 0.1) is 20.6 Å². The molecule has 4 aliphatic carbocycles. The summed E-state index contributed by atoms with van der Waals surface area (Å²) in [6, 6.07) is 1.49.